The van der Waals surface area contributed by atoms with Gasteiger partial charge >= 0.3 is 0 Å². The van der Waals surface area contributed by atoms with Crippen LogP contribution >= 0.6 is 0 Å². The molecule has 26 heavy (non-hydrogen) atoms. The second-order valence-corrected chi connectivity index (χ2v) is 8.15. The summed E-state index contributed by atoms with van der Waals surface area (Å²) < 4.78 is 0. The summed E-state index contributed by atoms with van der Waals surface area (Å²) in [4.78, 5) is 30.5. The summed E-state index contributed by atoms with van der Waals surface area (Å²) in [6.07, 6.45) is 4.55. The first-order valence-corrected chi connectivity index (χ1v) is 9.72. The molecule has 5 heteroatoms. The van der Waals surface area contributed by atoms with E-state index in [-0.39, 0.29) is 17.2 Å². The van der Waals surface area contributed by atoms with Crippen LogP contribution in [0.15, 0.2) is 30.3 Å². The molecule has 5 nitrogen and oxygen atoms in total. The molecule has 0 aromatic heterocycles. The molecule has 0 radical (unpaired) electrons. The third-order valence-corrected chi connectivity index (χ3v) is 5.85. The van der Waals surface area contributed by atoms with Crippen LogP contribution in [0.3, 0.4) is 0 Å². The Balaban J connectivity index is 1.61. The molecule has 1 atom stereocenters. The number of hydrogen-bond donors (Lipinski definition) is 0. The van der Waals surface area contributed by atoms with E-state index >= 15 is 0 Å². The minimum atomic E-state index is 0.189. The van der Waals surface area contributed by atoms with E-state index in [9.17, 15) is 9.59 Å². The number of amides is 2. The SMILES string of the molecule is CN(C)C(=O)CCN1CCCC2(CCC(=O)N(Cc3ccccc3)C2)C1. The predicted molar refractivity (Wildman–Crippen MR) is 103 cm³/mol. The molecule has 0 aliphatic carbocycles. The van der Waals surface area contributed by atoms with Crippen molar-refractivity contribution >= 4 is 11.8 Å². The van der Waals surface area contributed by atoms with Gasteiger partial charge in [-0.15, -0.1) is 0 Å². The van der Waals surface area contributed by atoms with E-state index in [0.29, 0.717) is 19.4 Å². The van der Waals surface area contributed by atoms with Crippen LogP contribution in [0, 0.1) is 5.41 Å². The number of likely N-dealkylation sites (tertiary alicyclic amines) is 2. The van der Waals surface area contributed by atoms with Gasteiger partial charge < -0.3 is 14.7 Å². The molecule has 2 saturated heterocycles. The molecule has 1 spiro atoms. The molecule has 2 fully saturated rings. The van der Waals surface area contributed by atoms with Crippen molar-refractivity contribution in [3.05, 3.63) is 35.9 Å². The Kier molecular flexibility index (Phi) is 5.97. The Morgan fingerprint density at radius 3 is 2.65 bits per heavy atom. The topological polar surface area (TPSA) is 43.9 Å². The quantitative estimate of drug-likeness (QED) is 0.813. The number of piperidine rings is 2. The summed E-state index contributed by atoms with van der Waals surface area (Å²) in [5.74, 6) is 0.466. The van der Waals surface area contributed by atoms with E-state index in [1.807, 2.05) is 37.2 Å². The Labute approximate surface area is 156 Å². The zero-order chi connectivity index (χ0) is 18.6. The van der Waals surface area contributed by atoms with Crippen LogP contribution in [-0.4, -0.2) is 66.8 Å². The molecule has 2 aliphatic rings. The first-order valence-electron chi connectivity index (χ1n) is 9.72. The van der Waals surface area contributed by atoms with Crippen LogP contribution in [-0.2, 0) is 16.1 Å². The lowest BCUT2D eigenvalue weighted by molar-refractivity contribution is -0.140. The molecule has 3 rings (SSSR count). The smallest absolute Gasteiger partial charge is 0.223 e. The van der Waals surface area contributed by atoms with E-state index < -0.39 is 0 Å². The fourth-order valence-electron chi connectivity index (χ4n) is 4.36. The molecule has 1 unspecified atom stereocenters. The highest BCUT2D eigenvalue weighted by Gasteiger charge is 2.41. The number of carbonyl (C=O) groups excluding carboxylic acids is 2. The summed E-state index contributed by atoms with van der Waals surface area (Å²) in [5, 5.41) is 0. The highest BCUT2D eigenvalue weighted by Crippen LogP contribution is 2.39. The second kappa shape index (κ2) is 8.21. The van der Waals surface area contributed by atoms with Gasteiger partial charge in [0.05, 0.1) is 0 Å². The molecular formula is C21H31N3O2. The van der Waals surface area contributed by atoms with Crippen LogP contribution < -0.4 is 0 Å². The van der Waals surface area contributed by atoms with Gasteiger partial charge in [-0.1, -0.05) is 30.3 Å². The molecule has 2 amide bonds. The fourth-order valence-corrected chi connectivity index (χ4v) is 4.36. The van der Waals surface area contributed by atoms with Crippen LogP contribution in [0.5, 0.6) is 0 Å². The van der Waals surface area contributed by atoms with Gasteiger partial charge in [-0.05, 0) is 31.4 Å². The average molecular weight is 357 g/mol. The van der Waals surface area contributed by atoms with Crippen molar-refractivity contribution in [2.45, 2.75) is 38.6 Å². The van der Waals surface area contributed by atoms with E-state index in [4.69, 9.17) is 0 Å². The summed E-state index contributed by atoms with van der Waals surface area (Å²) >= 11 is 0. The van der Waals surface area contributed by atoms with Gasteiger partial charge in [0.2, 0.25) is 11.8 Å². The minimum Gasteiger partial charge on any atom is -0.349 e. The van der Waals surface area contributed by atoms with E-state index in [2.05, 4.69) is 17.0 Å². The van der Waals surface area contributed by atoms with Crippen LogP contribution in [0.4, 0.5) is 0 Å². The maximum absolute atomic E-state index is 12.5. The van der Waals surface area contributed by atoms with Gasteiger partial charge in [0, 0.05) is 58.5 Å². The largest absolute Gasteiger partial charge is 0.349 e. The summed E-state index contributed by atoms with van der Waals surface area (Å²) in [7, 11) is 3.63. The zero-order valence-electron chi connectivity index (χ0n) is 16.1. The van der Waals surface area contributed by atoms with Gasteiger partial charge in [0.1, 0.15) is 0 Å². The Bertz CT molecular complexity index is 631. The highest BCUT2D eigenvalue weighted by molar-refractivity contribution is 5.77. The first-order chi connectivity index (χ1) is 12.5. The van der Waals surface area contributed by atoms with Crippen molar-refractivity contribution < 1.29 is 9.59 Å². The Morgan fingerprint density at radius 1 is 1.15 bits per heavy atom. The molecule has 0 N–H and O–H groups in total. The fraction of sp³-hybridized carbons (Fsp3) is 0.619. The van der Waals surface area contributed by atoms with Crippen molar-refractivity contribution in [2.24, 2.45) is 5.41 Å². The van der Waals surface area contributed by atoms with Gasteiger partial charge in [0.15, 0.2) is 0 Å². The number of carbonyl (C=O) groups is 2. The average Bonchev–Trinajstić information content (AvgIpc) is 2.64. The molecule has 1 aromatic carbocycles. The second-order valence-electron chi connectivity index (χ2n) is 8.15. The zero-order valence-corrected chi connectivity index (χ0v) is 16.1. The first kappa shape index (κ1) is 18.9. The molecule has 2 aliphatic heterocycles. The van der Waals surface area contributed by atoms with Crippen molar-refractivity contribution in [3.8, 4) is 0 Å². The normalized spacial score (nSPS) is 24.1. The summed E-state index contributed by atoms with van der Waals surface area (Å²) in [6.45, 7) is 4.45. The van der Waals surface area contributed by atoms with Crippen LogP contribution in [0.1, 0.15) is 37.7 Å². The van der Waals surface area contributed by atoms with Crippen molar-refractivity contribution in [2.75, 3.05) is 40.3 Å². The summed E-state index contributed by atoms with van der Waals surface area (Å²) in [5.41, 5.74) is 1.39. The summed E-state index contributed by atoms with van der Waals surface area (Å²) in [6, 6.07) is 10.3. The van der Waals surface area contributed by atoms with Gasteiger partial charge in [-0.2, -0.15) is 0 Å². The lowest BCUT2D eigenvalue weighted by Crippen LogP contribution is -2.54. The maximum Gasteiger partial charge on any atom is 0.223 e. The monoisotopic (exact) mass is 357 g/mol. The van der Waals surface area contributed by atoms with Crippen molar-refractivity contribution in [1.82, 2.24) is 14.7 Å². The number of benzene rings is 1. The van der Waals surface area contributed by atoms with Crippen LogP contribution in [0.25, 0.3) is 0 Å². The van der Waals surface area contributed by atoms with Crippen molar-refractivity contribution in [3.63, 3.8) is 0 Å². The lowest BCUT2D eigenvalue weighted by atomic mass is 9.73. The van der Waals surface area contributed by atoms with E-state index in [1.54, 1.807) is 4.90 Å². The van der Waals surface area contributed by atoms with E-state index in [1.165, 1.54) is 12.0 Å². The third kappa shape index (κ3) is 4.64. The van der Waals surface area contributed by atoms with Gasteiger partial charge in [-0.25, -0.2) is 0 Å². The van der Waals surface area contributed by atoms with E-state index in [0.717, 1.165) is 39.0 Å². The van der Waals surface area contributed by atoms with Gasteiger partial charge in [-0.3, -0.25) is 9.59 Å². The molecule has 2 heterocycles. The Morgan fingerprint density at radius 2 is 1.92 bits per heavy atom. The molecule has 1 aromatic rings. The van der Waals surface area contributed by atoms with Gasteiger partial charge in [0.25, 0.3) is 0 Å². The molecule has 142 valence electrons. The minimum absolute atomic E-state index is 0.189. The molecule has 0 saturated carbocycles. The van der Waals surface area contributed by atoms with Crippen LogP contribution in [0.2, 0.25) is 0 Å². The maximum atomic E-state index is 12.5. The molecular weight excluding hydrogens is 326 g/mol. The lowest BCUT2D eigenvalue weighted by Gasteiger charge is -2.48. The third-order valence-electron chi connectivity index (χ3n) is 5.85. The Hall–Kier alpha value is -1.88. The molecule has 0 bridgehead atoms. The standard InChI is InChI=1S/C21H31N3O2/c1-22(2)19(25)10-14-23-13-6-11-21(16-23)12-9-20(26)24(17-21)15-18-7-4-3-5-8-18/h3-5,7-8H,6,9-17H2,1-2H3. The number of hydrogen-bond acceptors (Lipinski definition) is 3. The number of rotatable bonds is 5. The van der Waals surface area contributed by atoms with Crippen molar-refractivity contribution in [1.29, 1.82) is 0 Å². The number of nitrogens with zero attached hydrogens (tertiary/aromatic N) is 3. The predicted octanol–water partition coefficient (Wildman–Crippen LogP) is 2.37. The highest BCUT2D eigenvalue weighted by atomic mass is 16.2.